The Morgan fingerprint density at radius 1 is 0.471 bits per heavy atom. The predicted molar refractivity (Wildman–Crippen MR) is 144 cm³/mol. The molecule has 170 valence electrons. The molecule has 0 atom stereocenters. The number of thioether (sulfide) groups is 2. The van der Waals surface area contributed by atoms with Crippen LogP contribution in [0.15, 0.2) is 107 Å². The third-order valence-corrected chi connectivity index (χ3v) is 7.10. The number of rotatable bonds is 7. The predicted octanol–water partition coefficient (Wildman–Crippen LogP) is 8.08. The minimum Gasteiger partial charge on any atom is -0.287 e. The maximum absolute atomic E-state index is 11.2. The van der Waals surface area contributed by atoms with E-state index in [9.17, 15) is 9.59 Å². The van der Waals surface area contributed by atoms with Gasteiger partial charge in [0.2, 0.25) is 0 Å². The molecule has 0 fully saturated rings. The Kier molecular flexibility index (Phi) is 8.04. The van der Waals surface area contributed by atoms with Crippen molar-refractivity contribution in [3.05, 3.63) is 108 Å². The molecule has 0 aliphatic heterocycles. The van der Waals surface area contributed by atoms with Crippen LogP contribution in [0.3, 0.4) is 0 Å². The molecule has 2 nitrogen and oxygen atoms in total. The molecule has 0 aliphatic rings. The number of carbonyl (C=O) groups excluding carboxylic acids is 2. The Morgan fingerprint density at radius 3 is 1.00 bits per heavy atom. The van der Waals surface area contributed by atoms with E-state index in [0.29, 0.717) is 0 Å². The summed E-state index contributed by atoms with van der Waals surface area (Å²) in [5.41, 5.74) is 7.30. The fourth-order valence-corrected chi connectivity index (χ4v) is 4.99. The second-order valence-electron chi connectivity index (χ2n) is 8.13. The van der Waals surface area contributed by atoms with Gasteiger partial charge in [0.25, 0.3) is 0 Å². The van der Waals surface area contributed by atoms with Crippen molar-refractivity contribution in [3.8, 4) is 22.3 Å². The number of hydrogen-bond donors (Lipinski definition) is 0. The Bertz CT molecular complexity index is 1150. The number of carbonyl (C=O) groups is 2. The van der Waals surface area contributed by atoms with E-state index in [2.05, 4.69) is 72.8 Å². The third kappa shape index (κ3) is 6.72. The molecule has 4 rings (SSSR count). The minimum absolute atomic E-state index is 0.103. The highest BCUT2D eigenvalue weighted by atomic mass is 32.2. The molecule has 0 bridgehead atoms. The fraction of sp³-hybridized carbons (Fsp3) is 0.133. The summed E-state index contributed by atoms with van der Waals surface area (Å²) in [5.74, 6) is 0. The van der Waals surface area contributed by atoms with Crippen LogP contribution in [0.4, 0.5) is 0 Å². The molecule has 0 radical (unpaired) electrons. The van der Waals surface area contributed by atoms with E-state index in [1.165, 1.54) is 45.8 Å². The molecule has 4 heteroatoms. The highest BCUT2D eigenvalue weighted by Gasteiger charge is 2.04. The standard InChI is InChI=1S/C30H26O2S2/c1-21(31)33-29-17-13-27(14-18-29)25-9-5-23(6-10-25)3-4-24-7-11-26(12-8-24)28-15-19-30(20-16-28)34-22(2)32/h5-20H,3-4H2,1-2H3. The number of hydrogen-bond acceptors (Lipinski definition) is 4. The van der Waals surface area contributed by atoms with E-state index in [0.717, 1.165) is 33.8 Å². The molecule has 0 saturated carbocycles. The molecule has 0 N–H and O–H groups in total. The number of aryl methyl sites for hydroxylation is 2. The second kappa shape index (κ2) is 11.4. The van der Waals surface area contributed by atoms with Crippen molar-refractivity contribution in [2.75, 3.05) is 0 Å². The first kappa shape index (κ1) is 24.1. The summed E-state index contributed by atoms with van der Waals surface area (Å²) in [5, 5.41) is 0.205. The lowest BCUT2D eigenvalue weighted by Crippen LogP contribution is -1.92. The SMILES string of the molecule is CC(=O)Sc1ccc(-c2ccc(CCc3ccc(-c4ccc(SC(C)=O)cc4)cc3)cc2)cc1. The van der Waals surface area contributed by atoms with Gasteiger partial charge in [0, 0.05) is 23.6 Å². The summed E-state index contributed by atoms with van der Waals surface area (Å²) in [6, 6.07) is 33.7. The lowest BCUT2D eigenvalue weighted by atomic mass is 9.99. The molecule has 4 aromatic rings. The molecule has 0 heterocycles. The van der Waals surface area contributed by atoms with Crippen molar-refractivity contribution in [1.29, 1.82) is 0 Å². The summed E-state index contributed by atoms with van der Waals surface area (Å²) in [6.07, 6.45) is 1.98. The highest BCUT2D eigenvalue weighted by molar-refractivity contribution is 8.13. The first-order valence-electron chi connectivity index (χ1n) is 11.2. The quantitative estimate of drug-likeness (QED) is 0.249. The van der Waals surface area contributed by atoms with E-state index in [1.807, 2.05) is 24.3 Å². The van der Waals surface area contributed by atoms with Gasteiger partial charge in [0.05, 0.1) is 0 Å². The first-order chi connectivity index (χ1) is 16.5. The Morgan fingerprint density at radius 2 is 0.735 bits per heavy atom. The van der Waals surface area contributed by atoms with Crippen LogP contribution < -0.4 is 0 Å². The molecular formula is C30H26O2S2. The van der Waals surface area contributed by atoms with Gasteiger partial charge in [-0.25, -0.2) is 0 Å². The number of benzene rings is 4. The topological polar surface area (TPSA) is 34.1 Å². The summed E-state index contributed by atoms with van der Waals surface area (Å²) >= 11 is 2.52. The fourth-order valence-electron chi connectivity index (χ4n) is 3.78. The van der Waals surface area contributed by atoms with Gasteiger partial charge in [-0.3, -0.25) is 9.59 Å². The van der Waals surface area contributed by atoms with Crippen LogP contribution in [0.1, 0.15) is 25.0 Å². The zero-order chi connectivity index (χ0) is 23.9. The van der Waals surface area contributed by atoms with Crippen LogP contribution in [-0.4, -0.2) is 10.2 Å². The van der Waals surface area contributed by atoms with Crippen LogP contribution >= 0.6 is 23.5 Å². The van der Waals surface area contributed by atoms with E-state index in [-0.39, 0.29) is 10.2 Å². The highest BCUT2D eigenvalue weighted by Crippen LogP contribution is 2.27. The van der Waals surface area contributed by atoms with Gasteiger partial charge in [0.1, 0.15) is 0 Å². The van der Waals surface area contributed by atoms with Crippen LogP contribution in [-0.2, 0) is 22.4 Å². The van der Waals surface area contributed by atoms with Crippen molar-refractivity contribution in [3.63, 3.8) is 0 Å². The van der Waals surface area contributed by atoms with Gasteiger partial charge < -0.3 is 0 Å². The summed E-state index contributed by atoms with van der Waals surface area (Å²) in [4.78, 5) is 24.4. The molecule has 0 spiro atoms. The zero-order valence-corrected chi connectivity index (χ0v) is 20.9. The van der Waals surface area contributed by atoms with E-state index in [1.54, 1.807) is 13.8 Å². The summed E-state index contributed by atoms with van der Waals surface area (Å²) in [7, 11) is 0. The molecular weight excluding hydrogens is 456 g/mol. The molecule has 0 aliphatic carbocycles. The molecule has 34 heavy (non-hydrogen) atoms. The Labute approximate surface area is 209 Å². The smallest absolute Gasteiger partial charge is 0.190 e. The van der Waals surface area contributed by atoms with Gasteiger partial charge >= 0.3 is 0 Å². The molecule has 0 aromatic heterocycles. The lowest BCUT2D eigenvalue weighted by Gasteiger charge is -2.07. The van der Waals surface area contributed by atoms with Crippen LogP contribution in [0.5, 0.6) is 0 Å². The van der Waals surface area contributed by atoms with Crippen molar-refractivity contribution < 1.29 is 9.59 Å². The summed E-state index contributed by atoms with van der Waals surface area (Å²) < 4.78 is 0. The average molecular weight is 483 g/mol. The first-order valence-corrected chi connectivity index (χ1v) is 12.9. The molecule has 0 saturated heterocycles. The molecule has 4 aromatic carbocycles. The normalized spacial score (nSPS) is 10.8. The van der Waals surface area contributed by atoms with Crippen molar-refractivity contribution in [2.45, 2.75) is 36.5 Å². The summed E-state index contributed by atoms with van der Waals surface area (Å²) in [6.45, 7) is 3.17. The minimum atomic E-state index is 0.103. The van der Waals surface area contributed by atoms with Gasteiger partial charge in [-0.2, -0.15) is 0 Å². The zero-order valence-electron chi connectivity index (χ0n) is 19.3. The molecule has 0 amide bonds. The molecule has 0 unspecified atom stereocenters. The van der Waals surface area contributed by atoms with E-state index >= 15 is 0 Å². The van der Waals surface area contributed by atoms with Crippen molar-refractivity contribution >= 4 is 33.8 Å². The van der Waals surface area contributed by atoms with E-state index in [4.69, 9.17) is 0 Å². The lowest BCUT2D eigenvalue weighted by molar-refractivity contribution is -0.109. The van der Waals surface area contributed by atoms with Crippen molar-refractivity contribution in [1.82, 2.24) is 0 Å². The van der Waals surface area contributed by atoms with Gasteiger partial charge in [-0.1, -0.05) is 96.3 Å². The second-order valence-corrected chi connectivity index (χ2v) is 10.6. The van der Waals surface area contributed by atoms with Gasteiger partial charge in [-0.15, -0.1) is 0 Å². The van der Waals surface area contributed by atoms with Gasteiger partial charge in [0.15, 0.2) is 10.2 Å². The Balaban J connectivity index is 1.33. The Hall–Kier alpha value is -3.08. The monoisotopic (exact) mass is 482 g/mol. The third-order valence-electron chi connectivity index (χ3n) is 5.51. The maximum Gasteiger partial charge on any atom is 0.190 e. The van der Waals surface area contributed by atoms with Crippen molar-refractivity contribution in [2.24, 2.45) is 0 Å². The van der Waals surface area contributed by atoms with Crippen LogP contribution in [0.25, 0.3) is 22.3 Å². The van der Waals surface area contributed by atoms with Crippen LogP contribution in [0, 0.1) is 0 Å². The largest absolute Gasteiger partial charge is 0.287 e. The van der Waals surface area contributed by atoms with Gasteiger partial charge in [-0.05, 0) is 70.5 Å². The average Bonchev–Trinajstić information content (AvgIpc) is 2.84. The van der Waals surface area contributed by atoms with E-state index < -0.39 is 0 Å². The van der Waals surface area contributed by atoms with Crippen LogP contribution in [0.2, 0.25) is 0 Å². The maximum atomic E-state index is 11.2.